The summed E-state index contributed by atoms with van der Waals surface area (Å²) in [4.78, 5) is 0. The molecule has 0 amide bonds. The van der Waals surface area contributed by atoms with Crippen LogP contribution in [0.2, 0.25) is 0 Å². The third kappa shape index (κ3) is 11.6. The van der Waals surface area contributed by atoms with Crippen molar-refractivity contribution >= 4 is 193 Å². The molecule has 123 heavy (non-hydrogen) atoms. The summed E-state index contributed by atoms with van der Waals surface area (Å²) in [5.41, 5.74) is 30.2. The molecule has 27 rings (SSSR count). The van der Waals surface area contributed by atoms with Gasteiger partial charge in [0.1, 0.15) is 33.3 Å². The summed E-state index contributed by atoms with van der Waals surface area (Å²) in [7, 11) is 0. The van der Waals surface area contributed by atoms with Crippen molar-refractivity contribution in [3.05, 3.63) is 419 Å². The highest BCUT2D eigenvalue weighted by atomic mass is 32.1. The highest BCUT2D eigenvalue weighted by molar-refractivity contribution is 7.27. The van der Waals surface area contributed by atoms with Gasteiger partial charge >= 0.3 is 0 Å². The Labute approximate surface area is 717 Å². The van der Waals surface area contributed by atoms with E-state index >= 15 is 0 Å². The minimum absolute atomic E-state index is 0.902. The number of benzene rings is 18. The van der Waals surface area contributed by atoms with Crippen LogP contribution in [-0.2, 0) is 0 Å². The molecule has 27 aromatic rings. The van der Waals surface area contributed by atoms with Crippen LogP contribution in [0, 0.1) is 0 Å². The second-order valence-corrected chi connectivity index (χ2v) is 34.9. The quantitative estimate of drug-likeness (QED) is 0.145. The normalized spacial score (nSPS) is 11.9. The lowest BCUT2D eigenvalue weighted by atomic mass is 9.95. The van der Waals surface area contributed by atoms with Crippen LogP contribution in [0.25, 0.3) is 243 Å². The van der Waals surface area contributed by atoms with Crippen molar-refractivity contribution in [2.45, 2.75) is 0 Å². The highest BCUT2D eigenvalue weighted by Gasteiger charge is 2.25. The predicted octanol–water partition coefficient (Wildman–Crippen LogP) is 33.7. The van der Waals surface area contributed by atoms with Crippen molar-refractivity contribution in [3.63, 3.8) is 0 Å². The van der Waals surface area contributed by atoms with Crippen molar-refractivity contribution in [2.24, 2.45) is 0 Å². The second kappa shape index (κ2) is 28.7. The molecular weight excluding hydrogens is 1560 g/mol. The summed E-state index contributed by atoms with van der Waals surface area (Å²) >= 11 is 5.60. The number of aromatic nitrogens is 3. The fourth-order valence-electron chi connectivity index (χ4n) is 19.0. The van der Waals surface area contributed by atoms with E-state index in [2.05, 4.69) is 432 Å². The van der Waals surface area contributed by atoms with E-state index in [1.165, 1.54) is 122 Å². The Balaban J connectivity index is 0.000000101. The predicted molar refractivity (Wildman–Crippen MR) is 523 cm³/mol. The Hall–Kier alpha value is -15.4. The van der Waals surface area contributed by atoms with Crippen LogP contribution >= 0.6 is 34.0 Å². The second-order valence-electron chi connectivity index (χ2n) is 31.6. The molecule has 9 aromatic heterocycles. The van der Waals surface area contributed by atoms with Gasteiger partial charge in [-0.05, 0) is 224 Å². The number of para-hydroxylation sites is 6. The third-order valence-electron chi connectivity index (χ3n) is 24.6. The zero-order valence-electron chi connectivity index (χ0n) is 66.1. The SMILES string of the molecule is c1ccc(-n2c3ccccc3c3oc4cc(-c5cccc(-c6cccc7sc8ccccc8c67)c5)ccc4c32)cc1.c1ccc(-n2c3ccccc3c3oc4ccc(-c5cccc(-c6ccc7c(c6)sc6ccccc67)c5)cc4c32)cc1.c1ccc(-n2c3ccccc3c3oc4ccc(-c5cccc(-c6cccc7c6sc6ccccc67)c5)cc4c32)cc1. The van der Waals surface area contributed by atoms with Crippen molar-refractivity contribution in [2.75, 3.05) is 0 Å². The van der Waals surface area contributed by atoms with Gasteiger partial charge in [-0.2, -0.15) is 0 Å². The largest absolute Gasteiger partial charge is 0.454 e. The molecule has 0 saturated carbocycles. The Morgan fingerprint density at radius 1 is 0.179 bits per heavy atom. The van der Waals surface area contributed by atoms with E-state index in [0.29, 0.717) is 0 Å². The molecule has 18 aromatic carbocycles. The molecule has 0 N–H and O–H groups in total. The van der Waals surface area contributed by atoms with E-state index < -0.39 is 0 Å². The number of fused-ring (bicyclic) bond motifs is 24. The lowest BCUT2D eigenvalue weighted by Crippen LogP contribution is -1.92. The number of hydrogen-bond donors (Lipinski definition) is 0. The van der Waals surface area contributed by atoms with Crippen molar-refractivity contribution in [1.29, 1.82) is 0 Å². The van der Waals surface area contributed by atoms with Gasteiger partial charge in [-0.3, -0.25) is 0 Å². The molecule has 0 aliphatic rings. The van der Waals surface area contributed by atoms with Crippen LogP contribution in [0.4, 0.5) is 0 Å². The number of hydrogen-bond acceptors (Lipinski definition) is 6. The van der Waals surface area contributed by atoms with E-state index in [4.69, 9.17) is 13.3 Å². The Morgan fingerprint density at radius 2 is 0.512 bits per heavy atom. The monoisotopic (exact) mass is 1620 g/mol. The number of thiophene rings is 3. The van der Waals surface area contributed by atoms with Crippen molar-refractivity contribution in [3.8, 4) is 83.8 Å². The molecule has 9 heteroatoms. The topological polar surface area (TPSA) is 54.2 Å². The fourth-order valence-corrected chi connectivity index (χ4v) is 22.5. The standard InChI is InChI=1S/3C38H23NOS/c1-2-12-27(13-3-1)39-33-18-6-4-15-31(33)37-36(39)32-23-25(20-21-34(32)40-37)24-10-8-11-26(22-24)28-16-9-17-30-29-14-5-7-19-35(29)41-38(28)30;1-2-12-27(13-3-1)39-32-17-6-4-14-29(32)38-37(39)30-21-20-25(23-33(30)40-38)24-10-8-11-26(22-24)28-16-9-19-35-36(28)31-15-5-7-18-34(31)41-35;1-2-11-28(12-3-1)39-33-15-6-4-14-31(33)38-37(39)32-22-26(18-20-34(32)40-38)24-9-8-10-25(21-24)27-17-19-30-29-13-5-7-16-35(29)41-36(30)23-27/h3*1-23H. The first kappa shape index (κ1) is 70.6. The molecule has 0 aliphatic heterocycles. The summed E-state index contributed by atoms with van der Waals surface area (Å²) in [5.74, 6) is 0. The summed E-state index contributed by atoms with van der Waals surface area (Å²) in [5, 5.41) is 14.7. The molecule has 576 valence electrons. The maximum atomic E-state index is 6.62. The summed E-state index contributed by atoms with van der Waals surface area (Å²) in [6.07, 6.45) is 0. The van der Waals surface area contributed by atoms with Gasteiger partial charge in [0.15, 0.2) is 16.7 Å². The average molecular weight is 1630 g/mol. The molecule has 0 atom stereocenters. The smallest absolute Gasteiger partial charge is 0.161 e. The van der Waals surface area contributed by atoms with E-state index in [1.807, 2.05) is 34.0 Å². The van der Waals surface area contributed by atoms with Crippen LogP contribution in [0.15, 0.2) is 432 Å². The van der Waals surface area contributed by atoms with Gasteiger partial charge in [-0.25, -0.2) is 0 Å². The summed E-state index contributed by atoms with van der Waals surface area (Å²) in [6.45, 7) is 0. The van der Waals surface area contributed by atoms with Crippen molar-refractivity contribution < 1.29 is 13.3 Å². The molecule has 0 saturated heterocycles. The Kier molecular flexibility index (Phi) is 16.5. The first-order chi connectivity index (χ1) is 61.0. The van der Waals surface area contributed by atoms with E-state index in [1.54, 1.807) is 0 Å². The zero-order chi connectivity index (χ0) is 80.7. The van der Waals surface area contributed by atoms with Gasteiger partial charge < -0.3 is 27.0 Å². The highest BCUT2D eigenvalue weighted by Crippen LogP contribution is 2.48. The molecule has 6 nitrogen and oxygen atoms in total. The number of rotatable bonds is 9. The molecule has 0 fully saturated rings. The van der Waals surface area contributed by atoms with Crippen LogP contribution < -0.4 is 0 Å². The molecular formula is C114H69N3O3S3. The lowest BCUT2D eigenvalue weighted by Gasteiger charge is -2.09. The van der Waals surface area contributed by atoms with Gasteiger partial charge in [0.2, 0.25) is 0 Å². The zero-order valence-corrected chi connectivity index (χ0v) is 68.6. The van der Waals surface area contributed by atoms with Gasteiger partial charge in [0.05, 0.1) is 16.6 Å². The van der Waals surface area contributed by atoms with Crippen LogP contribution in [0.1, 0.15) is 0 Å². The van der Waals surface area contributed by atoms with Gasteiger partial charge in [-0.1, -0.05) is 261 Å². The molecule has 0 aliphatic carbocycles. The Morgan fingerprint density at radius 3 is 1.05 bits per heavy atom. The van der Waals surface area contributed by atoms with Crippen molar-refractivity contribution in [1.82, 2.24) is 13.7 Å². The average Bonchev–Trinajstić information content (AvgIpc) is 1.57. The van der Waals surface area contributed by atoms with E-state index in [-0.39, 0.29) is 0 Å². The lowest BCUT2D eigenvalue weighted by molar-refractivity contribution is 0.672. The molecule has 0 radical (unpaired) electrons. The number of furan rings is 3. The van der Waals surface area contributed by atoms with Crippen LogP contribution in [0.3, 0.4) is 0 Å². The maximum Gasteiger partial charge on any atom is 0.161 e. The van der Waals surface area contributed by atoms with Crippen LogP contribution in [-0.4, -0.2) is 13.7 Å². The minimum atomic E-state index is 0.902. The molecule has 0 bridgehead atoms. The third-order valence-corrected chi connectivity index (χ3v) is 28.1. The molecule has 0 spiro atoms. The fraction of sp³-hybridized carbons (Fsp3) is 0. The van der Waals surface area contributed by atoms with Gasteiger partial charge in [0.25, 0.3) is 0 Å². The Bertz CT molecular complexity index is 8910. The summed E-state index contributed by atoms with van der Waals surface area (Å²) < 4.78 is 34.6. The molecule has 9 heterocycles. The minimum Gasteiger partial charge on any atom is -0.454 e. The first-order valence-electron chi connectivity index (χ1n) is 41.6. The number of nitrogens with zero attached hydrogens (tertiary/aromatic N) is 3. The van der Waals surface area contributed by atoms with E-state index in [9.17, 15) is 0 Å². The summed E-state index contributed by atoms with van der Waals surface area (Å²) in [6, 6.07) is 150. The maximum absolute atomic E-state index is 6.62. The van der Waals surface area contributed by atoms with Crippen LogP contribution in [0.5, 0.6) is 0 Å². The van der Waals surface area contributed by atoms with Gasteiger partial charge in [-0.15, -0.1) is 34.0 Å². The van der Waals surface area contributed by atoms with E-state index in [0.717, 1.165) is 122 Å². The van der Waals surface area contributed by atoms with Gasteiger partial charge in [0, 0.05) is 110 Å². The molecule has 0 unspecified atom stereocenters. The first-order valence-corrected chi connectivity index (χ1v) is 44.0.